The van der Waals surface area contributed by atoms with Crippen molar-refractivity contribution in [2.75, 3.05) is 12.4 Å². The fourth-order valence-electron chi connectivity index (χ4n) is 1.19. The average Bonchev–Trinajstić information content (AvgIpc) is 2.50. The number of aromatic amines is 1. The van der Waals surface area contributed by atoms with E-state index in [1.54, 1.807) is 0 Å². The van der Waals surface area contributed by atoms with Crippen molar-refractivity contribution in [1.82, 2.24) is 10.2 Å². The van der Waals surface area contributed by atoms with Gasteiger partial charge in [-0.2, -0.15) is 5.10 Å². The molecule has 11 heavy (non-hydrogen) atoms. The van der Waals surface area contributed by atoms with Crippen LogP contribution in [0.15, 0.2) is 24.4 Å². The molecule has 2 aromatic rings. The first-order valence-corrected chi connectivity index (χ1v) is 3.51. The Morgan fingerprint density at radius 2 is 2.36 bits per heavy atom. The van der Waals surface area contributed by atoms with Gasteiger partial charge in [0.1, 0.15) is 0 Å². The van der Waals surface area contributed by atoms with Crippen molar-refractivity contribution >= 4 is 16.6 Å². The second kappa shape index (κ2) is 2.27. The molecule has 3 nitrogen and oxygen atoms in total. The molecule has 0 radical (unpaired) electrons. The molecule has 56 valence electrons. The summed E-state index contributed by atoms with van der Waals surface area (Å²) in [5.41, 5.74) is 2.17. The lowest BCUT2D eigenvalue weighted by molar-refractivity contribution is 1.12. The molecule has 2 N–H and O–H groups in total. The maximum Gasteiger partial charge on any atom is 0.0671 e. The first-order chi connectivity index (χ1) is 5.42. The molecule has 0 saturated heterocycles. The Balaban J connectivity index is 2.79. The summed E-state index contributed by atoms with van der Waals surface area (Å²) < 4.78 is 0. The number of fused-ring (bicyclic) bond motifs is 1. The molecule has 0 saturated carbocycles. The van der Waals surface area contributed by atoms with E-state index in [4.69, 9.17) is 0 Å². The van der Waals surface area contributed by atoms with E-state index >= 15 is 0 Å². The highest BCUT2D eigenvalue weighted by Gasteiger charge is 1.97. The molecule has 0 fully saturated rings. The van der Waals surface area contributed by atoms with Gasteiger partial charge in [0.05, 0.1) is 11.7 Å². The topological polar surface area (TPSA) is 40.7 Å². The highest BCUT2D eigenvalue weighted by Crippen LogP contribution is 2.19. The maximum absolute atomic E-state index is 3.94. The van der Waals surface area contributed by atoms with Crippen LogP contribution in [0, 0.1) is 0 Å². The monoisotopic (exact) mass is 147 g/mol. The van der Waals surface area contributed by atoms with Gasteiger partial charge < -0.3 is 5.32 Å². The van der Waals surface area contributed by atoms with E-state index in [0.717, 1.165) is 16.6 Å². The van der Waals surface area contributed by atoms with Gasteiger partial charge in [-0.25, -0.2) is 0 Å². The van der Waals surface area contributed by atoms with Crippen molar-refractivity contribution in [1.29, 1.82) is 0 Å². The minimum absolute atomic E-state index is 1.07. The van der Waals surface area contributed by atoms with Gasteiger partial charge in [0.2, 0.25) is 0 Å². The van der Waals surface area contributed by atoms with Gasteiger partial charge >= 0.3 is 0 Å². The Labute approximate surface area is 64.4 Å². The van der Waals surface area contributed by atoms with Crippen LogP contribution in [0.25, 0.3) is 10.9 Å². The number of nitrogens with zero attached hydrogens (tertiary/aromatic N) is 1. The fourth-order valence-corrected chi connectivity index (χ4v) is 1.19. The largest absolute Gasteiger partial charge is 0.388 e. The molecule has 0 atom stereocenters. The summed E-state index contributed by atoms with van der Waals surface area (Å²) in [4.78, 5) is 0. The lowest BCUT2D eigenvalue weighted by Crippen LogP contribution is -1.86. The zero-order valence-corrected chi connectivity index (χ0v) is 6.26. The predicted molar refractivity (Wildman–Crippen MR) is 45.6 cm³/mol. The Morgan fingerprint density at radius 1 is 1.45 bits per heavy atom. The summed E-state index contributed by atoms with van der Waals surface area (Å²) in [5.74, 6) is 0. The minimum Gasteiger partial charge on any atom is -0.388 e. The normalized spacial score (nSPS) is 10.3. The third-order valence-electron chi connectivity index (χ3n) is 1.75. The van der Waals surface area contributed by atoms with E-state index in [9.17, 15) is 0 Å². The van der Waals surface area contributed by atoms with E-state index in [1.165, 1.54) is 0 Å². The van der Waals surface area contributed by atoms with Gasteiger partial charge in [-0.1, -0.05) is 6.07 Å². The maximum atomic E-state index is 3.94. The summed E-state index contributed by atoms with van der Waals surface area (Å²) in [6.07, 6.45) is 1.82. The summed E-state index contributed by atoms with van der Waals surface area (Å²) in [7, 11) is 1.90. The van der Waals surface area contributed by atoms with E-state index in [2.05, 4.69) is 15.5 Å². The van der Waals surface area contributed by atoms with Gasteiger partial charge in [0, 0.05) is 18.1 Å². The second-order valence-corrected chi connectivity index (χ2v) is 2.39. The standard InChI is InChI=1S/C8H9N3/c1-9-7-3-2-4-8-6(7)5-10-11-8/h2-5,9H,1H3,(H,10,11). The van der Waals surface area contributed by atoms with Gasteiger partial charge in [-0.3, -0.25) is 5.10 Å². The van der Waals surface area contributed by atoms with Crippen LogP contribution < -0.4 is 5.32 Å². The van der Waals surface area contributed by atoms with Crippen LogP contribution in [0.1, 0.15) is 0 Å². The van der Waals surface area contributed by atoms with Crippen LogP contribution in [0.5, 0.6) is 0 Å². The van der Waals surface area contributed by atoms with E-state index < -0.39 is 0 Å². The SMILES string of the molecule is CNc1cccc2[nH]ncc12. The Kier molecular flexibility index (Phi) is 1.28. The number of benzene rings is 1. The van der Waals surface area contributed by atoms with Gasteiger partial charge in [0.25, 0.3) is 0 Å². The average molecular weight is 147 g/mol. The highest BCUT2D eigenvalue weighted by molar-refractivity contribution is 5.90. The van der Waals surface area contributed by atoms with Crippen LogP contribution >= 0.6 is 0 Å². The van der Waals surface area contributed by atoms with Crippen LogP contribution in [0.2, 0.25) is 0 Å². The molecule has 0 spiro atoms. The van der Waals surface area contributed by atoms with Gasteiger partial charge in [-0.05, 0) is 12.1 Å². The molecule has 1 heterocycles. The lowest BCUT2D eigenvalue weighted by Gasteiger charge is -1.98. The minimum atomic E-state index is 1.07. The summed E-state index contributed by atoms with van der Waals surface area (Å²) in [5, 5.41) is 11.1. The van der Waals surface area contributed by atoms with E-state index in [0.29, 0.717) is 0 Å². The number of rotatable bonds is 1. The van der Waals surface area contributed by atoms with Crippen molar-refractivity contribution in [2.24, 2.45) is 0 Å². The van der Waals surface area contributed by atoms with Gasteiger partial charge in [-0.15, -0.1) is 0 Å². The number of nitrogens with one attached hydrogen (secondary N) is 2. The summed E-state index contributed by atoms with van der Waals surface area (Å²) >= 11 is 0. The molecule has 3 heteroatoms. The van der Waals surface area contributed by atoms with Crippen molar-refractivity contribution in [2.45, 2.75) is 0 Å². The number of hydrogen-bond donors (Lipinski definition) is 2. The number of hydrogen-bond acceptors (Lipinski definition) is 2. The van der Waals surface area contributed by atoms with Crippen molar-refractivity contribution in [3.63, 3.8) is 0 Å². The Hall–Kier alpha value is -1.51. The zero-order valence-electron chi connectivity index (χ0n) is 6.26. The molecular formula is C8H9N3. The van der Waals surface area contributed by atoms with Crippen molar-refractivity contribution in [3.8, 4) is 0 Å². The second-order valence-electron chi connectivity index (χ2n) is 2.39. The van der Waals surface area contributed by atoms with E-state index in [-0.39, 0.29) is 0 Å². The highest BCUT2D eigenvalue weighted by atomic mass is 15.1. The molecule has 0 unspecified atom stereocenters. The molecule has 0 aliphatic carbocycles. The quantitative estimate of drug-likeness (QED) is 0.643. The first-order valence-electron chi connectivity index (χ1n) is 3.51. The molecular weight excluding hydrogens is 138 g/mol. The molecule has 1 aromatic heterocycles. The smallest absolute Gasteiger partial charge is 0.0671 e. The Morgan fingerprint density at radius 3 is 3.18 bits per heavy atom. The van der Waals surface area contributed by atoms with Crippen LogP contribution in [-0.4, -0.2) is 17.2 Å². The van der Waals surface area contributed by atoms with Crippen molar-refractivity contribution < 1.29 is 0 Å². The summed E-state index contributed by atoms with van der Waals surface area (Å²) in [6.45, 7) is 0. The molecule has 0 aliphatic rings. The summed E-state index contributed by atoms with van der Waals surface area (Å²) in [6, 6.07) is 6.02. The lowest BCUT2D eigenvalue weighted by atomic mass is 10.2. The van der Waals surface area contributed by atoms with Crippen LogP contribution in [0.3, 0.4) is 0 Å². The molecule has 0 bridgehead atoms. The third-order valence-corrected chi connectivity index (χ3v) is 1.75. The predicted octanol–water partition coefficient (Wildman–Crippen LogP) is 1.60. The van der Waals surface area contributed by atoms with Gasteiger partial charge in [0.15, 0.2) is 0 Å². The molecule has 1 aromatic carbocycles. The number of aromatic nitrogens is 2. The third kappa shape index (κ3) is 0.852. The first kappa shape index (κ1) is 6.22. The van der Waals surface area contributed by atoms with E-state index in [1.807, 2.05) is 31.4 Å². The molecule has 2 rings (SSSR count). The number of H-pyrrole nitrogens is 1. The fraction of sp³-hybridized carbons (Fsp3) is 0.125. The molecule has 0 aliphatic heterocycles. The number of anilines is 1. The Bertz CT molecular complexity index is 364. The van der Waals surface area contributed by atoms with Crippen molar-refractivity contribution in [3.05, 3.63) is 24.4 Å². The molecule has 0 amide bonds. The zero-order chi connectivity index (χ0) is 7.68. The van der Waals surface area contributed by atoms with Crippen LogP contribution in [0.4, 0.5) is 5.69 Å². The van der Waals surface area contributed by atoms with Crippen LogP contribution in [-0.2, 0) is 0 Å².